The zero-order valence-electron chi connectivity index (χ0n) is 19.2. The van der Waals surface area contributed by atoms with Crippen molar-refractivity contribution < 1.29 is 19.1 Å². The molecule has 2 rings (SSSR count). The van der Waals surface area contributed by atoms with Crippen LogP contribution in [-0.2, 0) is 19.1 Å². The molecule has 0 unspecified atom stereocenters. The van der Waals surface area contributed by atoms with Gasteiger partial charge in [0.05, 0.1) is 0 Å². The molecule has 4 nitrogen and oxygen atoms in total. The minimum absolute atomic E-state index is 0.119. The molecule has 0 amide bonds. The van der Waals surface area contributed by atoms with Crippen molar-refractivity contribution in [1.29, 1.82) is 0 Å². The molecule has 2 aliphatic carbocycles. The highest BCUT2D eigenvalue weighted by molar-refractivity contribution is 5.81. The van der Waals surface area contributed by atoms with Crippen LogP contribution in [0, 0.1) is 29.1 Å². The molecule has 29 heavy (non-hydrogen) atoms. The fourth-order valence-electron chi connectivity index (χ4n) is 6.23. The van der Waals surface area contributed by atoms with Crippen LogP contribution in [0.5, 0.6) is 0 Å². The zero-order chi connectivity index (χ0) is 22.0. The quantitative estimate of drug-likeness (QED) is 0.322. The van der Waals surface area contributed by atoms with Crippen molar-refractivity contribution in [3.63, 3.8) is 0 Å². The molecule has 4 heteroatoms. The molecule has 0 aromatic heterocycles. The van der Waals surface area contributed by atoms with Gasteiger partial charge in [0.1, 0.15) is 17.7 Å². The minimum atomic E-state index is -0.777. The van der Waals surface area contributed by atoms with Crippen LogP contribution in [0.15, 0.2) is 23.3 Å². The summed E-state index contributed by atoms with van der Waals surface area (Å²) in [5, 5.41) is 0. The number of ketones is 1. The topological polar surface area (TPSA) is 60.4 Å². The van der Waals surface area contributed by atoms with Crippen LogP contribution in [0.25, 0.3) is 0 Å². The van der Waals surface area contributed by atoms with Crippen LogP contribution in [0.2, 0.25) is 0 Å². The molecule has 0 saturated heterocycles. The third-order valence-electron chi connectivity index (χ3n) is 7.74. The number of Topliss-reactive ketones (excluding diaryl/α,β-unsaturated/α-hetero) is 1. The summed E-state index contributed by atoms with van der Waals surface area (Å²) >= 11 is 0. The van der Waals surface area contributed by atoms with E-state index >= 15 is 0 Å². The van der Waals surface area contributed by atoms with Crippen molar-refractivity contribution in [3.05, 3.63) is 23.3 Å². The van der Waals surface area contributed by atoms with E-state index in [0.717, 1.165) is 32.0 Å². The monoisotopic (exact) mass is 402 g/mol. The second-order valence-electron chi connectivity index (χ2n) is 9.83. The van der Waals surface area contributed by atoms with Crippen molar-refractivity contribution in [2.75, 3.05) is 0 Å². The van der Waals surface area contributed by atoms with E-state index in [1.165, 1.54) is 12.5 Å². The van der Waals surface area contributed by atoms with Crippen molar-refractivity contribution in [2.45, 2.75) is 86.2 Å². The number of ether oxygens (including phenoxy) is 1. The van der Waals surface area contributed by atoms with Gasteiger partial charge in [0.25, 0.3) is 0 Å². The Balaban J connectivity index is 2.64. The predicted molar refractivity (Wildman–Crippen MR) is 115 cm³/mol. The summed E-state index contributed by atoms with van der Waals surface area (Å²) in [6, 6.07) is 0. The van der Waals surface area contributed by atoms with Crippen LogP contribution in [0.1, 0.15) is 80.6 Å². The Kier molecular flexibility index (Phi) is 7.29. The minimum Gasteiger partial charge on any atom is -0.459 e. The fourth-order valence-corrected chi connectivity index (χ4v) is 6.23. The first-order valence-electron chi connectivity index (χ1n) is 11.0. The molecule has 0 radical (unpaired) electrons. The lowest BCUT2D eigenvalue weighted by molar-refractivity contribution is -0.179. The van der Waals surface area contributed by atoms with E-state index in [2.05, 4.69) is 33.8 Å². The summed E-state index contributed by atoms with van der Waals surface area (Å²) in [6.07, 6.45) is 9.34. The van der Waals surface area contributed by atoms with Gasteiger partial charge in [-0.25, -0.2) is 0 Å². The molecular weight excluding hydrogens is 364 g/mol. The van der Waals surface area contributed by atoms with Crippen LogP contribution in [0.4, 0.5) is 0 Å². The van der Waals surface area contributed by atoms with Gasteiger partial charge in [-0.05, 0) is 76.7 Å². The summed E-state index contributed by atoms with van der Waals surface area (Å²) in [6.45, 7) is 13.6. The number of fused-ring (bicyclic) bond motifs is 2. The Morgan fingerprint density at radius 2 is 1.86 bits per heavy atom. The maximum atomic E-state index is 12.8. The van der Waals surface area contributed by atoms with E-state index in [-0.39, 0.29) is 35.4 Å². The maximum absolute atomic E-state index is 12.8. The highest BCUT2D eigenvalue weighted by atomic mass is 16.6. The highest BCUT2D eigenvalue weighted by Gasteiger charge is 2.61. The van der Waals surface area contributed by atoms with Gasteiger partial charge >= 0.3 is 5.97 Å². The molecule has 2 aliphatic rings. The number of carbonyl (C=O) groups is 3. The van der Waals surface area contributed by atoms with E-state index < -0.39 is 11.0 Å². The van der Waals surface area contributed by atoms with Crippen molar-refractivity contribution in [1.82, 2.24) is 0 Å². The molecule has 162 valence electrons. The number of carbonyl (C=O) groups excluding carboxylic acids is 3. The fraction of sp³-hybridized carbons (Fsp3) is 0.720. The molecule has 0 spiro atoms. The van der Waals surface area contributed by atoms with Gasteiger partial charge in [0.15, 0.2) is 0 Å². The smallest absolute Gasteiger partial charge is 0.303 e. The van der Waals surface area contributed by atoms with Gasteiger partial charge in [-0.2, -0.15) is 0 Å². The normalized spacial score (nSPS) is 35.0. The Hall–Kier alpha value is -1.71. The van der Waals surface area contributed by atoms with Gasteiger partial charge in [0, 0.05) is 24.7 Å². The lowest BCUT2D eigenvalue weighted by Crippen LogP contribution is -2.57. The van der Waals surface area contributed by atoms with Crippen LogP contribution < -0.4 is 0 Å². The summed E-state index contributed by atoms with van der Waals surface area (Å²) in [7, 11) is 0. The van der Waals surface area contributed by atoms with Gasteiger partial charge in [0.2, 0.25) is 0 Å². The predicted octanol–water partition coefficient (Wildman–Crippen LogP) is 5.46. The lowest BCUT2D eigenvalue weighted by Gasteiger charge is -2.54. The van der Waals surface area contributed by atoms with Crippen LogP contribution in [0.3, 0.4) is 0 Å². The standard InChI is InChI=1S/C25H38O4/c1-16(2)9-8-10-17(3)24(6)22(18(4)27)14-13-21-12-11-20(15-26)23(24)25(21,7)29-19(5)28/h9,11,15,17,21-23H,8,10,12-14H2,1-7H3/t17-,21+,22+,23+,24-,25+/m0/s1. The first-order chi connectivity index (χ1) is 13.5. The molecule has 0 aromatic carbocycles. The Morgan fingerprint density at radius 1 is 1.21 bits per heavy atom. The van der Waals surface area contributed by atoms with Crippen molar-refractivity contribution in [3.8, 4) is 0 Å². The van der Waals surface area contributed by atoms with Crippen molar-refractivity contribution in [2.24, 2.45) is 29.1 Å². The first-order valence-corrected chi connectivity index (χ1v) is 11.0. The van der Waals surface area contributed by atoms with Gasteiger partial charge in [-0.3, -0.25) is 14.4 Å². The molecule has 1 fully saturated rings. The number of aldehydes is 1. The van der Waals surface area contributed by atoms with Gasteiger partial charge < -0.3 is 4.74 Å². The molecule has 1 saturated carbocycles. The Labute approximate surface area is 176 Å². The number of hydrogen-bond donors (Lipinski definition) is 0. The molecule has 0 N–H and O–H groups in total. The summed E-state index contributed by atoms with van der Waals surface area (Å²) in [4.78, 5) is 37.1. The second-order valence-corrected chi connectivity index (χ2v) is 9.83. The summed E-state index contributed by atoms with van der Waals surface area (Å²) < 4.78 is 6.01. The van der Waals surface area contributed by atoms with Crippen LogP contribution >= 0.6 is 0 Å². The number of allylic oxidation sites excluding steroid dienone is 3. The summed E-state index contributed by atoms with van der Waals surface area (Å²) in [5.41, 5.74) is 0.727. The maximum Gasteiger partial charge on any atom is 0.303 e. The molecular formula is C25H38O4. The average molecular weight is 403 g/mol. The third-order valence-corrected chi connectivity index (χ3v) is 7.74. The third kappa shape index (κ3) is 4.41. The SMILES string of the molecule is CC(=O)O[C@]1(C)[C@@H]2CC=C(C=O)[C@@H]1[C@@](C)([C@@H](C)CCC=C(C)C)[C@@H](C(C)=O)CC2. The first kappa shape index (κ1) is 23.6. The van der Waals surface area contributed by atoms with E-state index in [1.807, 2.05) is 13.0 Å². The Bertz CT molecular complexity index is 714. The highest BCUT2D eigenvalue weighted by Crippen LogP contribution is 2.60. The van der Waals surface area contributed by atoms with Gasteiger partial charge in [-0.1, -0.05) is 31.6 Å². The van der Waals surface area contributed by atoms with E-state index in [4.69, 9.17) is 4.74 Å². The Morgan fingerprint density at radius 3 is 2.38 bits per heavy atom. The second kappa shape index (κ2) is 8.97. The van der Waals surface area contributed by atoms with Crippen molar-refractivity contribution >= 4 is 18.0 Å². The van der Waals surface area contributed by atoms with Crippen LogP contribution in [-0.4, -0.2) is 23.6 Å². The largest absolute Gasteiger partial charge is 0.459 e. The van der Waals surface area contributed by atoms with Gasteiger partial charge in [-0.15, -0.1) is 0 Å². The molecule has 2 bridgehead atoms. The lowest BCUT2D eigenvalue weighted by atomic mass is 9.52. The molecule has 0 aromatic rings. The van der Waals surface area contributed by atoms with E-state index in [9.17, 15) is 14.4 Å². The molecule has 0 aliphatic heterocycles. The number of rotatable bonds is 7. The summed E-state index contributed by atoms with van der Waals surface area (Å²) in [5.74, 6) is -0.287. The zero-order valence-corrected chi connectivity index (χ0v) is 19.2. The molecule has 6 atom stereocenters. The number of hydrogen-bond acceptors (Lipinski definition) is 4. The average Bonchev–Trinajstić information content (AvgIpc) is 2.65. The van der Waals surface area contributed by atoms with E-state index in [0.29, 0.717) is 12.0 Å². The van der Waals surface area contributed by atoms with E-state index in [1.54, 1.807) is 6.92 Å². The molecule has 0 heterocycles. The number of esters is 1.